The van der Waals surface area contributed by atoms with Gasteiger partial charge < -0.3 is 15.0 Å². The Bertz CT molecular complexity index is 479. The van der Waals surface area contributed by atoms with Gasteiger partial charge in [-0.1, -0.05) is 12.1 Å². The first-order valence-electron chi connectivity index (χ1n) is 5.87. The molecule has 98 valence electrons. The predicted molar refractivity (Wildman–Crippen MR) is 70.3 cm³/mol. The van der Waals surface area contributed by atoms with E-state index in [1.165, 1.54) is 0 Å². The number of nitrogens with two attached hydrogens (primary N) is 1. The summed E-state index contributed by atoms with van der Waals surface area (Å²) in [7, 11) is 0. The Kier molecular flexibility index (Phi) is 4.11. The van der Waals surface area contributed by atoms with E-state index in [-0.39, 0.29) is 0 Å². The van der Waals surface area contributed by atoms with Gasteiger partial charge in [0.1, 0.15) is 5.54 Å². The van der Waals surface area contributed by atoms with Crippen molar-refractivity contribution in [3.63, 3.8) is 0 Å². The molecule has 2 aromatic heterocycles. The zero-order valence-corrected chi connectivity index (χ0v) is 11.4. The molecule has 2 heterocycles. The Hall–Kier alpha value is -1.24. The molecular weight excluding hydrogens is 250 g/mol. The molecule has 0 aromatic carbocycles. The normalized spacial score (nSPS) is 14.6. The third kappa shape index (κ3) is 2.95. The van der Waals surface area contributed by atoms with Crippen molar-refractivity contribution in [2.24, 2.45) is 5.73 Å². The molecule has 2 aromatic rings. The van der Waals surface area contributed by atoms with E-state index < -0.39 is 5.54 Å². The van der Waals surface area contributed by atoms with E-state index in [0.29, 0.717) is 24.9 Å². The minimum Gasteiger partial charge on any atom is -0.379 e. The minimum atomic E-state index is -0.729. The zero-order valence-electron chi connectivity index (χ0n) is 10.5. The molecule has 0 aliphatic heterocycles. The van der Waals surface area contributed by atoms with Gasteiger partial charge in [0.2, 0.25) is 0 Å². The van der Waals surface area contributed by atoms with Crippen LogP contribution in [0.1, 0.15) is 26.1 Å². The van der Waals surface area contributed by atoms with Crippen LogP contribution in [-0.2, 0) is 10.3 Å². The maximum Gasteiger partial charge on any atom is 0.258 e. The van der Waals surface area contributed by atoms with E-state index >= 15 is 0 Å². The highest BCUT2D eigenvalue weighted by Gasteiger charge is 2.28. The van der Waals surface area contributed by atoms with Gasteiger partial charge in [-0.3, -0.25) is 0 Å². The second kappa shape index (κ2) is 5.60. The summed E-state index contributed by atoms with van der Waals surface area (Å²) in [5.41, 5.74) is 6.33. The van der Waals surface area contributed by atoms with Crippen LogP contribution >= 0.6 is 11.3 Å². The number of rotatable bonds is 6. The quantitative estimate of drug-likeness (QED) is 0.813. The van der Waals surface area contributed by atoms with Crippen molar-refractivity contribution in [1.82, 2.24) is 10.1 Å². The smallest absolute Gasteiger partial charge is 0.258 e. The lowest BCUT2D eigenvalue weighted by molar-refractivity contribution is 0.0867. The van der Waals surface area contributed by atoms with Crippen LogP contribution in [0.25, 0.3) is 11.5 Å². The molecular formula is C12H17N3O2S. The van der Waals surface area contributed by atoms with Gasteiger partial charge in [0.25, 0.3) is 5.89 Å². The second-order valence-corrected chi connectivity index (χ2v) is 5.19. The van der Waals surface area contributed by atoms with Crippen LogP contribution in [0, 0.1) is 0 Å². The highest BCUT2D eigenvalue weighted by molar-refractivity contribution is 7.08. The molecule has 0 aliphatic rings. The van der Waals surface area contributed by atoms with Gasteiger partial charge in [0, 0.05) is 12.0 Å². The van der Waals surface area contributed by atoms with Gasteiger partial charge in [0.05, 0.1) is 12.2 Å². The van der Waals surface area contributed by atoms with Crippen molar-refractivity contribution < 1.29 is 9.26 Å². The lowest BCUT2D eigenvalue weighted by Gasteiger charge is -2.19. The number of hydrogen-bond donors (Lipinski definition) is 1. The van der Waals surface area contributed by atoms with E-state index in [1.807, 2.05) is 23.8 Å². The maximum absolute atomic E-state index is 6.14. The van der Waals surface area contributed by atoms with E-state index in [1.54, 1.807) is 11.3 Å². The average Bonchev–Trinajstić information content (AvgIpc) is 3.00. The monoisotopic (exact) mass is 267 g/mol. The molecule has 2 N–H and O–H groups in total. The molecule has 0 spiro atoms. The van der Waals surface area contributed by atoms with Crippen LogP contribution in [0.15, 0.2) is 21.3 Å². The van der Waals surface area contributed by atoms with Crippen molar-refractivity contribution in [2.75, 3.05) is 13.2 Å². The van der Waals surface area contributed by atoms with Crippen LogP contribution in [0.5, 0.6) is 0 Å². The molecule has 0 bridgehead atoms. The Morgan fingerprint density at radius 2 is 2.39 bits per heavy atom. The topological polar surface area (TPSA) is 74.2 Å². The summed E-state index contributed by atoms with van der Waals surface area (Å²) in [4.78, 5) is 4.33. The van der Waals surface area contributed by atoms with Crippen molar-refractivity contribution in [2.45, 2.75) is 25.8 Å². The number of aromatic nitrogens is 2. The van der Waals surface area contributed by atoms with Crippen LogP contribution in [0.2, 0.25) is 0 Å². The molecule has 2 rings (SSSR count). The molecule has 0 saturated carbocycles. The number of ether oxygens (including phenoxy) is 1. The zero-order chi connectivity index (χ0) is 13.0. The minimum absolute atomic E-state index is 0.378. The molecule has 18 heavy (non-hydrogen) atoms. The van der Waals surface area contributed by atoms with Crippen molar-refractivity contribution in [3.8, 4) is 11.5 Å². The summed E-state index contributed by atoms with van der Waals surface area (Å²) in [5.74, 6) is 0.971. The largest absolute Gasteiger partial charge is 0.379 e. The van der Waals surface area contributed by atoms with Crippen LogP contribution in [-0.4, -0.2) is 23.4 Å². The van der Waals surface area contributed by atoms with Crippen molar-refractivity contribution in [1.29, 1.82) is 0 Å². The third-order valence-electron chi connectivity index (χ3n) is 2.46. The van der Waals surface area contributed by atoms with Gasteiger partial charge in [-0.25, -0.2) is 0 Å². The van der Waals surface area contributed by atoms with Crippen LogP contribution < -0.4 is 5.73 Å². The highest BCUT2D eigenvalue weighted by Crippen LogP contribution is 2.23. The van der Waals surface area contributed by atoms with E-state index in [0.717, 1.165) is 12.0 Å². The lowest BCUT2D eigenvalue weighted by atomic mass is 10.1. The molecule has 0 aliphatic carbocycles. The Morgan fingerprint density at radius 1 is 1.56 bits per heavy atom. The van der Waals surface area contributed by atoms with E-state index in [2.05, 4.69) is 17.1 Å². The van der Waals surface area contributed by atoms with Crippen LogP contribution in [0.3, 0.4) is 0 Å². The second-order valence-electron chi connectivity index (χ2n) is 4.41. The fraction of sp³-hybridized carbons (Fsp3) is 0.500. The first kappa shape index (κ1) is 13.2. The Balaban J connectivity index is 2.09. The third-order valence-corrected chi connectivity index (χ3v) is 3.14. The fourth-order valence-corrected chi connectivity index (χ4v) is 2.08. The summed E-state index contributed by atoms with van der Waals surface area (Å²) >= 11 is 1.58. The first-order valence-corrected chi connectivity index (χ1v) is 6.81. The number of thiophene rings is 1. The van der Waals surface area contributed by atoms with Gasteiger partial charge in [-0.2, -0.15) is 16.3 Å². The summed E-state index contributed by atoms with van der Waals surface area (Å²) < 4.78 is 10.7. The van der Waals surface area contributed by atoms with Crippen LogP contribution in [0.4, 0.5) is 0 Å². The Morgan fingerprint density at radius 3 is 3.06 bits per heavy atom. The molecule has 0 fully saturated rings. The molecule has 0 radical (unpaired) electrons. The van der Waals surface area contributed by atoms with Gasteiger partial charge in [-0.15, -0.1) is 0 Å². The summed E-state index contributed by atoms with van der Waals surface area (Å²) in [6.45, 7) is 4.95. The summed E-state index contributed by atoms with van der Waals surface area (Å²) in [5, 5.41) is 7.86. The van der Waals surface area contributed by atoms with Gasteiger partial charge in [0.15, 0.2) is 5.82 Å². The molecule has 1 atom stereocenters. The van der Waals surface area contributed by atoms with Gasteiger partial charge in [-0.05, 0) is 24.8 Å². The predicted octanol–water partition coefficient (Wildman–Crippen LogP) is 2.40. The molecule has 0 amide bonds. The number of hydrogen-bond acceptors (Lipinski definition) is 6. The SMILES string of the molecule is CCCOCC(C)(N)c1noc(-c2ccsc2)n1. The maximum atomic E-state index is 6.14. The first-order chi connectivity index (χ1) is 8.63. The van der Waals surface area contributed by atoms with E-state index in [9.17, 15) is 0 Å². The standard InChI is InChI=1S/C12H17N3O2S/c1-3-5-16-8-12(2,13)11-14-10(17-15-11)9-4-6-18-7-9/h4,6-7H,3,5,8,13H2,1-2H3. The molecule has 6 heteroatoms. The van der Waals surface area contributed by atoms with Gasteiger partial charge >= 0.3 is 0 Å². The molecule has 1 unspecified atom stereocenters. The fourth-order valence-electron chi connectivity index (χ4n) is 1.45. The van der Waals surface area contributed by atoms with Crippen molar-refractivity contribution >= 4 is 11.3 Å². The molecule has 5 nitrogen and oxygen atoms in total. The molecule has 0 saturated heterocycles. The average molecular weight is 267 g/mol. The summed E-state index contributed by atoms with van der Waals surface area (Å²) in [6, 6.07) is 1.93. The van der Waals surface area contributed by atoms with Crippen molar-refractivity contribution in [3.05, 3.63) is 22.7 Å². The lowest BCUT2D eigenvalue weighted by Crippen LogP contribution is -2.39. The van der Waals surface area contributed by atoms with E-state index in [4.69, 9.17) is 15.0 Å². The number of nitrogens with zero attached hydrogens (tertiary/aromatic N) is 2. The highest BCUT2D eigenvalue weighted by atomic mass is 32.1. The summed E-state index contributed by atoms with van der Waals surface area (Å²) in [6.07, 6.45) is 0.961. The Labute approximate surface area is 110 Å².